The summed E-state index contributed by atoms with van der Waals surface area (Å²) < 4.78 is 33.0. The smallest absolute Gasteiger partial charge is 0.305 e. The van der Waals surface area contributed by atoms with Gasteiger partial charge in [-0.1, -0.05) is 6.42 Å². The van der Waals surface area contributed by atoms with Gasteiger partial charge in [-0.3, -0.25) is 4.79 Å². The number of imidazole rings is 1. The molecule has 1 heterocycles. The molecular formula is C15H18F2N2O2. The monoisotopic (exact) mass is 296 g/mol. The Morgan fingerprint density at radius 2 is 2.00 bits per heavy atom. The van der Waals surface area contributed by atoms with Gasteiger partial charge in [0.15, 0.2) is 11.6 Å². The maximum Gasteiger partial charge on any atom is 0.305 e. The third-order valence-electron chi connectivity index (χ3n) is 3.25. The fourth-order valence-corrected chi connectivity index (χ4v) is 2.19. The maximum absolute atomic E-state index is 13.2. The first-order valence-electron chi connectivity index (χ1n) is 7.07. The van der Waals surface area contributed by atoms with Crippen molar-refractivity contribution in [3.8, 4) is 0 Å². The van der Waals surface area contributed by atoms with Crippen molar-refractivity contribution in [3.05, 3.63) is 30.1 Å². The van der Waals surface area contributed by atoms with Crippen LogP contribution in [0.1, 0.15) is 32.6 Å². The Morgan fingerprint density at radius 1 is 1.24 bits per heavy atom. The summed E-state index contributed by atoms with van der Waals surface area (Å²) >= 11 is 0. The molecule has 4 nitrogen and oxygen atoms in total. The molecule has 0 aliphatic carbocycles. The summed E-state index contributed by atoms with van der Waals surface area (Å²) in [5.74, 6) is -1.93. The van der Waals surface area contributed by atoms with E-state index in [-0.39, 0.29) is 5.97 Å². The van der Waals surface area contributed by atoms with Crippen LogP contribution in [0.15, 0.2) is 18.5 Å². The number of ether oxygens (including phenoxy) is 1. The van der Waals surface area contributed by atoms with Gasteiger partial charge in [-0.05, 0) is 19.8 Å². The minimum Gasteiger partial charge on any atom is -0.466 e. The van der Waals surface area contributed by atoms with E-state index in [2.05, 4.69) is 4.98 Å². The lowest BCUT2D eigenvalue weighted by atomic mass is 10.2. The number of rotatable bonds is 7. The van der Waals surface area contributed by atoms with Gasteiger partial charge in [0.2, 0.25) is 0 Å². The van der Waals surface area contributed by atoms with Crippen molar-refractivity contribution in [1.82, 2.24) is 9.55 Å². The molecule has 1 aromatic heterocycles. The van der Waals surface area contributed by atoms with Crippen molar-refractivity contribution in [3.63, 3.8) is 0 Å². The molecule has 0 N–H and O–H groups in total. The van der Waals surface area contributed by atoms with Gasteiger partial charge in [0.05, 0.1) is 24.0 Å². The highest BCUT2D eigenvalue weighted by atomic mass is 19.2. The zero-order valence-electron chi connectivity index (χ0n) is 11.9. The molecule has 2 aromatic rings. The maximum atomic E-state index is 13.2. The number of halogens is 2. The molecule has 0 aliphatic heterocycles. The van der Waals surface area contributed by atoms with Gasteiger partial charge in [0.25, 0.3) is 0 Å². The van der Waals surface area contributed by atoms with Crippen LogP contribution in [0.3, 0.4) is 0 Å². The number of fused-ring (bicyclic) bond motifs is 1. The molecule has 21 heavy (non-hydrogen) atoms. The van der Waals surface area contributed by atoms with Crippen molar-refractivity contribution in [2.75, 3.05) is 6.61 Å². The van der Waals surface area contributed by atoms with Crippen molar-refractivity contribution in [2.45, 2.75) is 39.2 Å². The van der Waals surface area contributed by atoms with E-state index >= 15 is 0 Å². The van der Waals surface area contributed by atoms with Crippen molar-refractivity contribution in [1.29, 1.82) is 0 Å². The number of unbranched alkanes of at least 4 members (excludes halogenated alkanes) is 2. The number of hydrogen-bond donors (Lipinski definition) is 0. The van der Waals surface area contributed by atoms with Gasteiger partial charge in [0.1, 0.15) is 0 Å². The van der Waals surface area contributed by atoms with Crippen molar-refractivity contribution < 1.29 is 18.3 Å². The summed E-state index contributed by atoms with van der Waals surface area (Å²) in [6, 6.07) is 2.26. The number of hydrogen-bond acceptors (Lipinski definition) is 3. The Balaban J connectivity index is 1.84. The number of aromatic nitrogens is 2. The normalized spacial score (nSPS) is 11.0. The van der Waals surface area contributed by atoms with Gasteiger partial charge in [-0.25, -0.2) is 13.8 Å². The lowest BCUT2D eigenvalue weighted by Crippen LogP contribution is -2.03. The van der Waals surface area contributed by atoms with Crippen LogP contribution < -0.4 is 0 Å². The number of nitrogens with zero attached hydrogens (tertiary/aromatic N) is 2. The van der Waals surface area contributed by atoms with Crippen LogP contribution in [0, 0.1) is 11.6 Å². The van der Waals surface area contributed by atoms with Crippen LogP contribution in [0.4, 0.5) is 8.78 Å². The molecule has 0 radical (unpaired) electrons. The molecule has 114 valence electrons. The Hall–Kier alpha value is -1.98. The highest BCUT2D eigenvalue weighted by molar-refractivity contribution is 5.75. The van der Waals surface area contributed by atoms with E-state index < -0.39 is 11.6 Å². The molecule has 2 rings (SSSR count). The predicted octanol–water partition coefficient (Wildman–Crippen LogP) is 3.44. The third-order valence-corrected chi connectivity index (χ3v) is 3.25. The first-order chi connectivity index (χ1) is 10.1. The predicted molar refractivity (Wildman–Crippen MR) is 74.8 cm³/mol. The van der Waals surface area contributed by atoms with Gasteiger partial charge >= 0.3 is 5.97 Å². The second-order valence-corrected chi connectivity index (χ2v) is 4.81. The summed E-state index contributed by atoms with van der Waals surface area (Å²) in [5, 5.41) is 0. The van der Waals surface area contributed by atoms with Crippen molar-refractivity contribution >= 4 is 17.0 Å². The highest BCUT2D eigenvalue weighted by Gasteiger charge is 2.09. The highest BCUT2D eigenvalue weighted by Crippen LogP contribution is 2.18. The summed E-state index contributed by atoms with van der Waals surface area (Å²) in [7, 11) is 0. The SMILES string of the molecule is CCOC(=O)CCCCCn1cnc2cc(F)c(F)cc21. The molecule has 0 fully saturated rings. The Labute approximate surface area is 121 Å². The van der Waals surface area contributed by atoms with Crippen LogP contribution >= 0.6 is 0 Å². The van der Waals surface area contributed by atoms with E-state index in [1.54, 1.807) is 17.8 Å². The van der Waals surface area contributed by atoms with Crippen LogP contribution in [0.5, 0.6) is 0 Å². The lowest BCUT2D eigenvalue weighted by Gasteiger charge is -2.05. The van der Waals surface area contributed by atoms with Gasteiger partial charge < -0.3 is 9.30 Å². The molecule has 0 amide bonds. The minimum atomic E-state index is -0.887. The van der Waals surface area contributed by atoms with Crippen LogP contribution in [0.25, 0.3) is 11.0 Å². The third kappa shape index (κ3) is 4.00. The zero-order chi connectivity index (χ0) is 15.2. The number of benzene rings is 1. The molecule has 0 spiro atoms. The molecule has 0 atom stereocenters. The van der Waals surface area contributed by atoms with E-state index in [1.807, 2.05) is 0 Å². The van der Waals surface area contributed by atoms with Gasteiger partial charge in [-0.15, -0.1) is 0 Å². The summed E-state index contributed by atoms with van der Waals surface area (Å²) in [6.45, 7) is 2.84. The van der Waals surface area contributed by atoms with Crippen LogP contribution in [-0.2, 0) is 16.1 Å². The lowest BCUT2D eigenvalue weighted by molar-refractivity contribution is -0.143. The standard InChI is InChI=1S/C15H18F2N2O2/c1-2-21-15(20)6-4-3-5-7-19-10-18-13-8-11(16)12(17)9-14(13)19/h8-10H,2-7H2,1H3. The average Bonchev–Trinajstić information content (AvgIpc) is 2.82. The Bertz CT molecular complexity index is 625. The molecule has 0 bridgehead atoms. The fraction of sp³-hybridized carbons (Fsp3) is 0.467. The van der Waals surface area contributed by atoms with E-state index in [4.69, 9.17) is 4.74 Å². The second-order valence-electron chi connectivity index (χ2n) is 4.81. The van der Waals surface area contributed by atoms with Crippen LogP contribution in [-0.4, -0.2) is 22.1 Å². The van der Waals surface area contributed by atoms with Gasteiger partial charge in [0, 0.05) is 25.1 Å². The van der Waals surface area contributed by atoms with E-state index in [0.29, 0.717) is 30.6 Å². The quantitative estimate of drug-likeness (QED) is 0.580. The summed E-state index contributed by atoms with van der Waals surface area (Å²) in [4.78, 5) is 15.2. The first kappa shape index (κ1) is 15.4. The van der Waals surface area contributed by atoms with Crippen molar-refractivity contribution in [2.24, 2.45) is 0 Å². The summed E-state index contributed by atoms with van der Waals surface area (Å²) in [6.07, 6.45) is 4.45. The van der Waals surface area contributed by atoms with E-state index in [9.17, 15) is 13.6 Å². The number of carbonyl (C=O) groups excluding carboxylic acids is 1. The molecule has 0 saturated heterocycles. The molecule has 1 aromatic carbocycles. The summed E-state index contributed by atoms with van der Waals surface area (Å²) in [5.41, 5.74) is 1.03. The molecule has 0 aliphatic rings. The molecule has 6 heteroatoms. The van der Waals surface area contributed by atoms with E-state index in [0.717, 1.165) is 31.4 Å². The minimum absolute atomic E-state index is 0.178. The zero-order valence-corrected chi connectivity index (χ0v) is 11.9. The second kappa shape index (κ2) is 7.15. The topological polar surface area (TPSA) is 44.1 Å². The van der Waals surface area contributed by atoms with Gasteiger partial charge in [-0.2, -0.15) is 0 Å². The Morgan fingerprint density at radius 3 is 2.76 bits per heavy atom. The Kier molecular flexibility index (Phi) is 5.25. The number of esters is 1. The molecular weight excluding hydrogens is 278 g/mol. The average molecular weight is 296 g/mol. The van der Waals surface area contributed by atoms with E-state index in [1.165, 1.54) is 0 Å². The number of carbonyl (C=O) groups is 1. The fourth-order valence-electron chi connectivity index (χ4n) is 2.19. The largest absolute Gasteiger partial charge is 0.466 e. The first-order valence-corrected chi connectivity index (χ1v) is 7.07. The number of aryl methyl sites for hydroxylation is 1. The van der Waals surface area contributed by atoms with Crippen LogP contribution in [0.2, 0.25) is 0 Å². The molecule has 0 unspecified atom stereocenters. The molecule has 0 saturated carbocycles.